The van der Waals surface area contributed by atoms with Crippen LogP contribution in [-0.4, -0.2) is 32.8 Å². The van der Waals surface area contributed by atoms with Crippen molar-refractivity contribution < 1.29 is 4.74 Å². The van der Waals surface area contributed by atoms with Gasteiger partial charge in [0.15, 0.2) is 0 Å². The topological polar surface area (TPSA) is 43.2 Å². The normalized spacial score (nSPS) is 15.0. The standard InChI is InChI=1S/C16H22N4OS/c1-4-7-21-10-15-14-5-6-20(9-16(14)19(3)18-15)8-13-11-22-12(2)17-13/h4,11H,1,5-10H2,2-3H3. The van der Waals surface area contributed by atoms with Crippen LogP contribution in [0.25, 0.3) is 0 Å². The highest BCUT2D eigenvalue weighted by Gasteiger charge is 2.24. The molecule has 0 bridgehead atoms. The third-order valence-electron chi connectivity index (χ3n) is 3.94. The fourth-order valence-electron chi connectivity index (χ4n) is 2.91. The molecule has 22 heavy (non-hydrogen) atoms. The SMILES string of the molecule is C=CCOCc1nn(C)c2c1CCN(Cc1csc(C)n1)C2. The molecule has 0 atom stereocenters. The zero-order valence-electron chi connectivity index (χ0n) is 13.2. The first-order valence-corrected chi connectivity index (χ1v) is 8.41. The maximum absolute atomic E-state index is 5.56. The number of aromatic nitrogens is 3. The van der Waals surface area contributed by atoms with Gasteiger partial charge in [-0.3, -0.25) is 9.58 Å². The molecule has 0 aliphatic carbocycles. The molecule has 0 fully saturated rings. The summed E-state index contributed by atoms with van der Waals surface area (Å²) in [7, 11) is 2.02. The molecule has 2 aromatic rings. The molecular weight excluding hydrogens is 296 g/mol. The van der Waals surface area contributed by atoms with Crippen molar-refractivity contribution in [1.29, 1.82) is 0 Å². The molecular formula is C16H22N4OS. The Labute approximate surface area is 135 Å². The van der Waals surface area contributed by atoms with Crippen molar-refractivity contribution in [3.8, 4) is 0 Å². The molecule has 118 valence electrons. The summed E-state index contributed by atoms with van der Waals surface area (Å²) in [6.07, 6.45) is 2.80. The Hall–Kier alpha value is -1.50. The summed E-state index contributed by atoms with van der Waals surface area (Å²) in [6, 6.07) is 0. The Morgan fingerprint density at radius 1 is 1.50 bits per heavy atom. The predicted molar refractivity (Wildman–Crippen MR) is 87.7 cm³/mol. The highest BCUT2D eigenvalue weighted by atomic mass is 32.1. The molecule has 0 unspecified atom stereocenters. The van der Waals surface area contributed by atoms with Gasteiger partial charge in [-0.2, -0.15) is 5.10 Å². The van der Waals surface area contributed by atoms with Crippen LogP contribution >= 0.6 is 11.3 Å². The lowest BCUT2D eigenvalue weighted by molar-refractivity contribution is 0.144. The van der Waals surface area contributed by atoms with Crippen LogP contribution in [-0.2, 0) is 37.9 Å². The molecule has 6 heteroatoms. The Morgan fingerprint density at radius 3 is 3.09 bits per heavy atom. The number of hydrogen-bond acceptors (Lipinski definition) is 5. The Bertz CT molecular complexity index is 661. The molecule has 3 rings (SSSR count). The van der Waals surface area contributed by atoms with Gasteiger partial charge < -0.3 is 4.74 Å². The second-order valence-corrected chi connectivity index (χ2v) is 6.68. The summed E-state index contributed by atoms with van der Waals surface area (Å²) in [6.45, 7) is 9.76. The van der Waals surface area contributed by atoms with Crippen molar-refractivity contribution in [1.82, 2.24) is 19.7 Å². The fourth-order valence-corrected chi connectivity index (χ4v) is 3.51. The predicted octanol–water partition coefficient (Wildman–Crippen LogP) is 2.45. The third-order valence-corrected chi connectivity index (χ3v) is 4.76. The van der Waals surface area contributed by atoms with E-state index in [1.165, 1.54) is 17.0 Å². The Kier molecular flexibility index (Phi) is 4.71. The van der Waals surface area contributed by atoms with Crippen molar-refractivity contribution in [2.24, 2.45) is 7.05 Å². The van der Waals surface area contributed by atoms with Crippen molar-refractivity contribution >= 4 is 11.3 Å². The molecule has 3 heterocycles. The maximum Gasteiger partial charge on any atom is 0.0917 e. The summed E-state index contributed by atoms with van der Waals surface area (Å²) >= 11 is 1.72. The van der Waals surface area contributed by atoms with Crippen LogP contribution in [0.4, 0.5) is 0 Å². The van der Waals surface area contributed by atoms with Crippen LogP contribution in [0.5, 0.6) is 0 Å². The number of thiazole rings is 1. The van der Waals surface area contributed by atoms with E-state index in [2.05, 4.69) is 33.9 Å². The first kappa shape index (κ1) is 15.4. The highest BCUT2D eigenvalue weighted by molar-refractivity contribution is 7.09. The molecule has 0 saturated heterocycles. The largest absolute Gasteiger partial charge is 0.371 e. The first-order chi connectivity index (χ1) is 10.7. The second-order valence-electron chi connectivity index (χ2n) is 5.62. The van der Waals surface area contributed by atoms with Gasteiger partial charge in [0.2, 0.25) is 0 Å². The molecule has 2 aromatic heterocycles. The molecule has 0 spiro atoms. The van der Waals surface area contributed by atoms with Gasteiger partial charge in [-0.1, -0.05) is 6.08 Å². The molecule has 0 N–H and O–H groups in total. The van der Waals surface area contributed by atoms with E-state index in [0.717, 1.165) is 36.8 Å². The highest BCUT2D eigenvalue weighted by Crippen LogP contribution is 2.24. The summed E-state index contributed by atoms with van der Waals surface area (Å²) < 4.78 is 7.56. The zero-order chi connectivity index (χ0) is 15.5. The van der Waals surface area contributed by atoms with Gasteiger partial charge in [0.25, 0.3) is 0 Å². The summed E-state index contributed by atoms with van der Waals surface area (Å²) in [5.41, 5.74) is 4.90. The van der Waals surface area contributed by atoms with Crippen molar-refractivity contribution in [2.75, 3.05) is 13.2 Å². The van der Waals surface area contributed by atoms with Crippen LogP contribution in [0.15, 0.2) is 18.0 Å². The molecule has 0 amide bonds. The summed E-state index contributed by atoms with van der Waals surface area (Å²) in [4.78, 5) is 7.00. The van der Waals surface area contributed by atoms with Crippen LogP contribution in [0.3, 0.4) is 0 Å². The van der Waals surface area contributed by atoms with Gasteiger partial charge in [-0.15, -0.1) is 17.9 Å². The monoisotopic (exact) mass is 318 g/mol. The second kappa shape index (κ2) is 6.73. The first-order valence-electron chi connectivity index (χ1n) is 7.53. The van der Waals surface area contributed by atoms with Crippen LogP contribution in [0, 0.1) is 6.92 Å². The van der Waals surface area contributed by atoms with Gasteiger partial charge in [-0.05, 0) is 13.3 Å². The summed E-state index contributed by atoms with van der Waals surface area (Å²) in [5.74, 6) is 0. The zero-order valence-corrected chi connectivity index (χ0v) is 14.0. The smallest absolute Gasteiger partial charge is 0.0917 e. The van der Waals surface area contributed by atoms with Gasteiger partial charge >= 0.3 is 0 Å². The van der Waals surface area contributed by atoms with E-state index in [0.29, 0.717) is 13.2 Å². The molecule has 0 radical (unpaired) electrons. The van der Waals surface area contributed by atoms with E-state index < -0.39 is 0 Å². The number of rotatable bonds is 6. The van der Waals surface area contributed by atoms with E-state index >= 15 is 0 Å². The minimum Gasteiger partial charge on any atom is -0.371 e. The van der Waals surface area contributed by atoms with E-state index in [1.807, 2.05) is 11.7 Å². The van der Waals surface area contributed by atoms with Crippen molar-refractivity contribution in [3.05, 3.63) is 45.7 Å². The molecule has 5 nitrogen and oxygen atoms in total. The van der Waals surface area contributed by atoms with Crippen LogP contribution in [0.1, 0.15) is 27.7 Å². The lowest BCUT2D eigenvalue weighted by Crippen LogP contribution is -2.31. The molecule has 1 aliphatic rings. The number of fused-ring (bicyclic) bond motifs is 1. The number of hydrogen-bond donors (Lipinski definition) is 0. The number of ether oxygens (including phenoxy) is 1. The number of aryl methyl sites for hydroxylation is 2. The molecule has 0 aromatic carbocycles. The Morgan fingerprint density at radius 2 is 2.36 bits per heavy atom. The van der Waals surface area contributed by atoms with Crippen molar-refractivity contribution in [2.45, 2.75) is 33.0 Å². The average Bonchev–Trinajstić information content (AvgIpc) is 3.04. The van der Waals surface area contributed by atoms with Gasteiger partial charge in [0.1, 0.15) is 0 Å². The minimum atomic E-state index is 0.570. The van der Waals surface area contributed by atoms with Crippen LogP contribution < -0.4 is 0 Å². The van der Waals surface area contributed by atoms with Gasteiger partial charge in [-0.25, -0.2) is 4.98 Å². The van der Waals surface area contributed by atoms with Crippen LogP contribution in [0.2, 0.25) is 0 Å². The van der Waals surface area contributed by atoms with Gasteiger partial charge in [0, 0.05) is 37.6 Å². The Balaban J connectivity index is 1.68. The van der Waals surface area contributed by atoms with Gasteiger partial charge in [0.05, 0.1) is 35.3 Å². The van der Waals surface area contributed by atoms with E-state index in [4.69, 9.17) is 4.74 Å². The van der Waals surface area contributed by atoms with E-state index in [9.17, 15) is 0 Å². The maximum atomic E-state index is 5.56. The number of nitrogens with zero attached hydrogens (tertiary/aromatic N) is 4. The molecule has 0 saturated carbocycles. The van der Waals surface area contributed by atoms with E-state index in [-0.39, 0.29) is 0 Å². The molecule has 1 aliphatic heterocycles. The quantitative estimate of drug-likeness (QED) is 0.606. The summed E-state index contributed by atoms with van der Waals surface area (Å²) in [5, 5.41) is 7.92. The lowest BCUT2D eigenvalue weighted by atomic mass is 10.0. The third kappa shape index (κ3) is 3.29. The lowest BCUT2D eigenvalue weighted by Gasteiger charge is -2.26. The van der Waals surface area contributed by atoms with E-state index in [1.54, 1.807) is 17.4 Å². The minimum absolute atomic E-state index is 0.570. The average molecular weight is 318 g/mol. The fraction of sp³-hybridized carbons (Fsp3) is 0.500. The van der Waals surface area contributed by atoms with Crippen molar-refractivity contribution in [3.63, 3.8) is 0 Å².